The van der Waals surface area contributed by atoms with Crippen LogP contribution >= 0.6 is 11.8 Å². The normalized spacial score (nSPS) is 14.4. The number of amides is 4. The molecule has 0 aliphatic carbocycles. The first kappa shape index (κ1) is 31.1. The molecule has 9 N–H and O–H groups in total. The molecular formula is C20H35N5O8S. The number of carboxylic acids is 2. The Morgan fingerprint density at radius 1 is 0.853 bits per heavy atom. The lowest BCUT2D eigenvalue weighted by molar-refractivity contribution is -0.147. The summed E-state index contributed by atoms with van der Waals surface area (Å²) < 4.78 is 0. The maximum Gasteiger partial charge on any atom is 0.326 e. The number of aliphatic carboxylic acids is 2. The van der Waals surface area contributed by atoms with E-state index in [2.05, 4.69) is 16.0 Å². The lowest BCUT2D eigenvalue weighted by Gasteiger charge is -2.26. The minimum atomic E-state index is -1.67. The van der Waals surface area contributed by atoms with E-state index >= 15 is 0 Å². The number of nitrogens with one attached hydrogen (secondary N) is 3. The summed E-state index contributed by atoms with van der Waals surface area (Å²) in [6.45, 7) is 3.56. The fourth-order valence-corrected chi connectivity index (χ4v) is 3.31. The van der Waals surface area contributed by atoms with Crippen molar-refractivity contribution >= 4 is 47.3 Å². The topological polar surface area (TPSA) is 231 Å². The number of carboxylic acid groups (broad SMARTS) is 2. The quantitative estimate of drug-likeness (QED) is 0.119. The molecule has 0 aromatic rings. The number of thioether (sulfide) groups is 1. The summed E-state index contributed by atoms with van der Waals surface area (Å²) in [7, 11) is 0. The van der Waals surface area contributed by atoms with Crippen molar-refractivity contribution in [2.24, 2.45) is 17.4 Å². The van der Waals surface area contributed by atoms with Gasteiger partial charge in [-0.25, -0.2) is 4.79 Å². The Kier molecular flexibility index (Phi) is 14.5. The zero-order valence-corrected chi connectivity index (χ0v) is 20.4. The van der Waals surface area contributed by atoms with Gasteiger partial charge in [0.15, 0.2) is 0 Å². The predicted molar refractivity (Wildman–Crippen MR) is 125 cm³/mol. The van der Waals surface area contributed by atoms with Crippen LogP contribution in [0.15, 0.2) is 0 Å². The highest BCUT2D eigenvalue weighted by Gasteiger charge is 2.31. The summed E-state index contributed by atoms with van der Waals surface area (Å²) in [6, 6.07) is -4.96. The molecule has 0 heterocycles. The van der Waals surface area contributed by atoms with Crippen molar-refractivity contribution in [3.63, 3.8) is 0 Å². The van der Waals surface area contributed by atoms with E-state index in [0.717, 1.165) is 0 Å². The number of hydrogen-bond donors (Lipinski definition) is 7. The van der Waals surface area contributed by atoms with Gasteiger partial charge in [0.05, 0.1) is 12.5 Å². The van der Waals surface area contributed by atoms with E-state index in [4.69, 9.17) is 16.6 Å². The number of primary amides is 1. The van der Waals surface area contributed by atoms with Crippen LogP contribution in [0.1, 0.15) is 46.0 Å². The molecule has 0 rings (SSSR count). The second-order valence-electron chi connectivity index (χ2n) is 8.14. The van der Waals surface area contributed by atoms with Crippen molar-refractivity contribution in [2.75, 3.05) is 12.0 Å². The second kappa shape index (κ2) is 15.9. The van der Waals surface area contributed by atoms with Gasteiger partial charge in [0.2, 0.25) is 23.6 Å². The standard InChI is InChI=1S/C20H35N5O8S/c1-10(2)8-13(19(31)25-14(20(32)33)9-16(27)28)24-18(30)12(6-7-34-3)23-17(29)11(21)4-5-15(22)26/h10-14H,4-9,21H2,1-3H3,(H2,22,26)(H,23,29)(H,24,30)(H,25,31)(H,27,28)(H,32,33). The number of carbonyl (C=O) groups excluding carboxylic acids is 4. The number of hydrogen-bond acceptors (Lipinski definition) is 8. The second-order valence-corrected chi connectivity index (χ2v) is 9.13. The fourth-order valence-electron chi connectivity index (χ4n) is 2.83. The van der Waals surface area contributed by atoms with Gasteiger partial charge in [0.25, 0.3) is 0 Å². The first-order valence-corrected chi connectivity index (χ1v) is 12.1. The molecule has 0 spiro atoms. The molecule has 4 atom stereocenters. The van der Waals surface area contributed by atoms with Crippen LogP contribution in [0.25, 0.3) is 0 Å². The van der Waals surface area contributed by atoms with Crippen molar-refractivity contribution in [1.29, 1.82) is 0 Å². The molecule has 0 aliphatic rings. The average Bonchev–Trinajstić information content (AvgIpc) is 2.72. The van der Waals surface area contributed by atoms with Crippen molar-refractivity contribution in [2.45, 2.75) is 70.1 Å². The molecule has 14 heteroatoms. The van der Waals surface area contributed by atoms with Gasteiger partial charge in [-0.3, -0.25) is 24.0 Å². The third-order valence-corrected chi connectivity index (χ3v) is 5.26. The van der Waals surface area contributed by atoms with Gasteiger partial charge in [-0.05, 0) is 37.2 Å². The van der Waals surface area contributed by atoms with Gasteiger partial charge in [-0.1, -0.05) is 13.8 Å². The Bertz CT molecular complexity index is 748. The summed E-state index contributed by atoms with van der Waals surface area (Å²) in [5.74, 6) is -5.36. The molecule has 0 bridgehead atoms. The van der Waals surface area contributed by atoms with Crippen LogP contribution in [0.2, 0.25) is 0 Å². The van der Waals surface area contributed by atoms with Crippen molar-refractivity contribution < 1.29 is 39.0 Å². The number of rotatable bonds is 17. The molecule has 194 valence electrons. The Balaban J connectivity index is 5.45. The number of carbonyl (C=O) groups is 6. The van der Waals surface area contributed by atoms with E-state index < -0.39 is 66.2 Å². The van der Waals surface area contributed by atoms with Crippen LogP contribution in [-0.4, -0.2) is 82.0 Å². The molecule has 0 aromatic heterocycles. The molecule has 4 unspecified atom stereocenters. The lowest BCUT2D eigenvalue weighted by atomic mass is 10.0. The minimum absolute atomic E-state index is 0.00340. The molecular weight excluding hydrogens is 470 g/mol. The molecule has 4 amide bonds. The summed E-state index contributed by atoms with van der Waals surface area (Å²) in [4.78, 5) is 71.1. The summed E-state index contributed by atoms with van der Waals surface area (Å²) >= 11 is 1.43. The van der Waals surface area contributed by atoms with Crippen LogP contribution in [-0.2, 0) is 28.8 Å². The van der Waals surface area contributed by atoms with Gasteiger partial charge >= 0.3 is 11.9 Å². The summed E-state index contributed by atoms with van der Waals surface area (Å²) in [5.41, 5.74) is 10.8. The van der Waals surface area contributed by atoms with E-state index in [1.54, 1.807) is 20.1 Å². The number of nitrogens with two attached hydrogens (primary N) is 2. The highest BCUT2D eigenvalue weighted by molar-refractivity contribution is 7.98. The molecule has 13 nitrogen and oxygen atoms in total. The van der Waals surface area contributed by atoms with Crippen molar-refractivity contribution in [3.05, 3.63) is 0 Å². The van der Waals surface area contributed by atoms with Crippen LogP contribution in [0.4, 0.5) is 0 Å². The Morgan fingerprint density at radius 2 is 1.38 bits per heavy atom. The third-order valence-electron chi connectivity index (χ3n) is 4.62. The minimum Gasteiger partial charge on any atom is -0.481 e. The van der Waals surface area contributed by atoms with Crippen molar-refractivity contribution in [3.8, 4) is 0 Å². The SMILES string of the molecule is CSCCC(NC(=O)C(N)CCC(N)=O)C(=O)NC(CC(C)C)C(=O)NC(CC(=O)O)C(=O)O. The Hall–Kier alpha value is -2.87. The molecule has 0 radical (unpaired) electrons. The third kappa shape index (κ3) is 13.0. The fraction of sp³-hybridized carbons (Fsp3) is 0.700. The van der Waals surface area contributed by atoms with Crippen LogP contribution in [0.3, 0.4) is 0 Å². The van der Waals surface area contributed by atoms with E-state index in [0.29, 0.717) is 5.75 Å². The van der Waals surface area contributed by atoms with E-state index in [-0.39, 0.29) is 31.6 Å². The monoisotopic (exact) mass is 505 g/mol. The Labute approximate surface area is 202 Å². The van der Waals surface area contributed by atoms with Gasteiger partial charge in [-0.15, -0.1) is 0 Å². The maximum atomic E-state index is 12.9. The predicted octanol–water partition coefficient (Wildman–Crippen LogP) is -1.61. The molecule has 34 heavy (non-hydrogen) atoms. The van der Waals surface area contributed by atoms with Crippen LogP contribution in [0, 0.1) is 5.92 Å². The van der Waals surface area contributed by atoms with E-state index in [1.807, 2.05) is 0 Å². The molecule has 0 fully saturated rings. The highest BCUT2D eigenvalue weighted by atomic mass is 32.2. The summed E-state index contributed by atoms with van der Waals surface area (Å²) in [6.07, 6.45) is 1.22. The largest absolute Gasteiger partial charge is 0.481 e. The highest BCUT2D eigenvalue weighted by Crippen LogP contribution is 2.09. The van der Waals surface area contributed by atoms with E-state index in [1.165, 1.54) is 11.8 Å². The van der Waals surface area contributed by atoms with Crippen LogP contribution < -0.4 is 27.4 Å². The smallest absolute Gasteiger partial charge is 0.326 e. The molecule has 0 saturated heterocycles. The van der Waals surface area contributed by atoms with E-state index in [9.17, 15) is 33.9 Å². The maximum absolute atomic E-state index is 12.9. The van der Waals surface area contributed by atoms with Crippen LogP contribution in [0.5, 0.6) is 0 Å². The lowest BCUT2D eigenvalue weighted by Crippen LogP contribution is -2.57. The Morgan fingerprint density at radius 3 is 1.85 bits per heavy atom. The summed E-state index contributed by atoms with van der Waals surface area (Å²) in [5, 5.41) is 25.2. The molecule has 0 aromatic carbocycles. The average molecular weight is 506 g/mol. The zero-order chi connectivity index (χ0) is 26.4. The van der Waals surface area contributed by atoms with Gasteiger partial charge in [0.1, 0.15) is 18.1 Å². The first-order valence-electron chi connectivity index (χ1n) is 10.7. The van der Waals surface area contributed by atoms with Crippen molar-refractivity contribution in [1.82, 2.24) is 16.0 Å². The zero-order valence-electron chi connectivity index (χ0n) is 19.5. The molecule has 0 aliphatic heterocycles. The molecule has 0 saturated carbocycles. The first-order chi connectivity index (χ1) is 15.8. The van der Waals surface area contributed by atoms with Gasteiger partial charge < -0.3 is 37.6 Å². The van der Waals surface area contributed by atoms with Gasteiger partial charge in [-0.2, -0.15) is 11.8 Å². The van der Waals surface area contributed by atoms with Gasteiger partial charge in [0, 0.05) is 6.42 Å².